The molecule has 5 fully saturated rings. The van der Waals surface area contributed by atoms with Gasteiger partial charge < -0.3 is 51.1 Å². The SMILES string of the molecule is CC(C)(O)CON1C(C)(C)CC(=O)CC1(C)C.CC(C)(O)CON1C(C)(C)CC(=O)CC1(C)C.CC(C)(O)CON1C(C)(C)CC(=O)CC1(C)C.CC(C)(O)CON1C(C)(C)CC(=O)CC1(C)C.CC(C)(O)CON1C(C)(C)CC(=O)CC1(C)C.O=C(O)CN(CCN(CC(=O)O)CC(=O)O)CCN(CC(=O)O)CC(=O)O. The van der Waals surface area contributed by atoms with Gasteiger partial charge in [0, 0.05) is 146 Å². The fourth-order valence-electron chi connectivity index (χ4n) is 15.0. The lowest BCUT2D eigenvalue weighted by Crippen LogP contribution is -2.61. The number of Topliss-reactive ketones (excluding diaryl/α,β-unsaturated/α-hetero) is 5. The molecule has 5 aliphatic heterocycles. The van der Waals surface area contributed by atoms with Crippen LogP contribution in [0.15, 0.2) is 0 Å². The molecular weight excluding hydrogens is 1460 g/mol. The van der Waals surface area contributed by atoms with Crippen molar-refractivity contribution in [1.29, 1.82) is 0 Å². The van der Waals surface area contributed by atoms with Gasteiger partial charge in [0.15, 0.2) is 0 Å². The number of carbonyl (C=O) groups is 10. The topological polar surface area (TPSA) is 445 Å². The van der Waals surface area contributed by atoms with Crippen molar-refractivity contribution in [1.82, 2.24) is 40.0 Å². The summed E-state index contributed by atoms with van der Waals surface area (Å²) in [7, 11) is 0. The Labute approximate surface area is 666 Å². The van der Waals surface area contributed by atoms with E-state index < -0.39 is 90.6 Å². The van der Waals surface area contributed by atoms with Crippen LogP contribution >= 0.6 is 0 Å². The van der Waals surface area contributed by atoms with Gasteiger partial charge in [0.2, 0.25) is 0 Å². The van der Waals surface area contributed by atoms with Crippen molar-refractivity contribution in [3.05, 3.63) is 0 Å². The Hall–Kier alpha value is -5.02. The van der Waals surface area contributed by atoms with E-state index in [1.54, 1.807) is 69.2 Å². The second-order valence-electron chi connectivity index (χ2n) is 40.2. The maximum Gasteiger partial charge on any atom is 0.317 e. The normalized spacial score (nSPS) is 21.6. The summed E-state index contributed by atoms with van der Waals surface area (Å²) in [5.41, 5.74) is -7.63. The Morgan fingerprint density at radius 2 is 0.366 bits per heavy atom. The molecule has 0 aliphatic carbocycles. The maximum absolute atomic E-state index is 11.7. The lowest BCUT2D eigenvalue weighted by molar-refractivity contribution is -0.290. The summed E-state index contributed by atoms with van der Waals surface area (Å²) >= 11 is 0. The molecular formula is C79H148N8O25. The van der Waals surface area contributed by atoms with E-state index in [1.165, 1.54) is 4.90 Å². The quantitative estimate of drug-likeness (QED) is 0.0338. The second-order valence-corrected chi connectivity index (χ2v) is 40.2. The van der Waals surface area contributed by atoms with E-state index in [2.05, 4.69) is 0 Å². The number of aliphatic hydroxyl groups is 5. The molecule has 0 atom stereocenters. The Morgan fingerprint density at radius 1 is 0.259 bits per heavy atom. The third-order valence-electron chi connectivity index (χ3n) is 17.8. The van der Waals surface area contributed by atoms with Crippen LogP contribution in [0.2, 0.25) is 0 Å². The monoisotopic (exact) mass is 1610 g/mol. The zero-order valence-electron chi connectivity index (χ0n) is 73.6. The number of piperidine rings is 5. The molecule has 33 nitrogen and oxygen atoms in total. The van der Waals surface area contributed by atoms with Crippen molar-refractivity contribution >= 4 is 58.8 Å². The number of carboxylic acids is 5. The van der Waals surface area contributed by atoms with Gasteiger partial charge in [-0.25, -0.2) is 0 Å². The molecule has 0 saturated carbocycles. The zero-order chi connectivity index (χ0) is 88.4. The summed E-state index contributed by atoms with van der Waals surface area (Å²) < 4.78 is 0. The van der Waals surface area contributed by atoms with Gasteiger partial charge >= 0.3 is 29.8 Å². The van der Waals surface area contributed by atoms with Crippen LogP contribution in [0, 0.1) is 0 Å². The number of ketones is 5. The van der Waals surface area contributed by atoms with Gasteiger partial charge in [-0.1, -0.05) is 0 Å². The highest BCUT2D eigenvalue weighted by molar-refractivity contribution is 5.84. The summed E-state index contributed by atoms with van der Waals surface area (Å²) in [5.74, 6) is -4.82. The number of rotatable bonds is 31. The van der Waals surface area contributed by atoms with Crippen molar-refractivity contribution in [2.45, 2.75) is 355 Å². The predicted molar refractivity (Wildman–Crippen MR) is 420 cm³/mol. The molecule has 0 spiro atoms. The molecule has 5 rings (SSSR count). The molecule has 0 aromatic heterocycles. The minimum atomic E-state index is -1.24. The first-order valence-electron chi connectivity index (χ1n) is 38.3. The second kappa shape index (κ2) is 41.4. The number of carbonyl (C=O) groups excluding carboxylic acids is 5. The van der Waals surface area contributed by atoms with Crippen LogP contribution in [-0.4, -0.2) is 325 Å². The van der Waals surface area contributed by atoms with Crippen molar-refractivity contribution in [3.63, 3.8) is 0 Å². The van der Waals surface area contributed by atoms with Gasteiger partial charge in [0.05, 0.1) is 93.8 Å². The summed E-state index contributed by atoms with van der Waals surface area (Å²) in [4.78, 5) is 145. The number of nitrogens with zero attached hydrogens (tertiary/aromatic N) is 8. The molecule has 0 amide bonds. The Kier molecular flexibility index (Phi) is 39.5. The molecule has 0 bridgehead atoms. The fraction of sp³-hybridized carbons (Fsp3) is 0.873. The Morgan fingerprint density at radius 3 is 0.473 bits per heavy atom. The first-order valence-corrected chi connectivity index (χ1v) is 38.3. The van der Waals surface area contributed by atoms with Crippen LogP contribution in [0.5, 0.6) is 0 Å². The van der Waals surface area contributed by atoms with Gasteiger partial charge in [-0.3, -0.25) is 86.8 Å². The molecule has 654 valence electrons. The van der Waals surface area contributed by atoms with E-state index in [0.29, 0.717) is 64.2 Å². The van der Waals surface area contributed by atoms with Crippen LogP contribution in [0.25, 0.3) is 0 Å². The molecule has 5 aliphatic rings. The van der Waals surface area contributed by atoms with E-state index in [1.807, 2.05) is 164 Å². The molecule has 0 radical (unpaired) electrons. The molecule has 33 heteroatoms. The van der Waals surface area contributed by atoms with Crippen LogP contribution in [-0.2, 0) is 72.1 Å². The lowest BCUT2D eigenvalue weighted by Gasteiger charge is -2.51. The summed E-state index contributed by atoms with van der Waals surface area (Å²) in [6, 6.07) is 0. The molecule has 5 saturated heterocycles. The number of hydrogen-bond acceptors (Lipinski definition) is 28. The van der Waals surface area contributed by atoms with Gasteiger partial charge in [0.25, 0.3) is 0 Å². The molecule has 0 aromatic rings. The number of hydroxylamine groups is 10. The van der Waals surface area contributed by atoms with Gasteiger partial charge in [0.1, 0.15) is 28.9 Å². The van der Waals surface area contributed by atoms with E-state index >= 15 is 0 Å². The molecule has 10 N–H and O–H groups in total. The summed E-state index contributed by atoms with van der Waals surface area (Å²) in [5, 5.41) is 102. The predicted octanol–water partition coefficient (Wildman–Crippen LogP) is 6.87. The first-order chi connectivity index (χ1) is 49.7. The number of aliphatic carboxylic acids is 5. The fourth-order valence-corrected chi connectivity index (χ4v) is 15.0. The molecule has 5 heterocycles. The van der Waals surface area contributed by atoms with E-state index in [-0.39, 0.29) is 144 Å². The highest BCUT2D eigenvalue weighted by atomic mass is 16.7. The minimum Gasteiger partial charge on any atom is -0.480 e. The van der Waals surface area contributed by atoms with Crippen molar-refractivity contribution in [2.24, 2.45) is 0 Å². The average molecular weight is 1610 g/mol. The summed E-state index contributed by atoms with van der Waals surface area (Å²) in [6.07, 6.45) is 4.88. The smallest absolute Gasteiger partial charge is 0.317 e. The van der Waals surface area contributed by atoms with Crippen molar-refractivity contribution in [2.75, 3.05) is 91.9 Å². The third-order valence-corrected chi connectivity index (χ3v) is 17.8. The first kappa shape index (κ1) is 107. The molecule has 0 aromatic carbocycles. The van der Waals surface area contributed by atoms with E-state index in [0.717, 1.165) is 9.80 Å². The van der Waals surface area contributed by atoms with Crippen LogP contribution < -0.4 is 0 Å². The van der Waals surface area contributed by atoms with E-state index in [4.69, 9.17) is 49.7 Å². The van der Waals surface area contributed by atoms with Gasteiger partial charge in [-0.2, -0.15) is 25.3 Å². The van der Waals surface area contributed by atoms with Crippen molar-refractivity contribution in [3.8, 4) is 0 Å². The van der Waals surface area contributed by atoms with Gasteiger partial charge in [-0.15, -0.1) is 0 Å². The highest BCUT2D eigenvalue weighted by Gasteiger charge is 2.51. The van der Waals surface area contributed by atoms with Crippen LogP contribution in [0.3, 0.4) is 0 Å². The van der Waals surface area contributed by atoms with E-state index in [9.17, 15) is 73.5 Å². The zero-order valence-corrected chi connectivity index (χ0v) is 73.6. The average Bonchev–Trinajstić information content (AvgIpc) is 0.802. The maximum atomic E-state index is 11.7. The Balaban J connectivity index is 0.00000133. The van der Waals surface area contributed by atoms with Crippen molar-refractivity contribution < 1.29 is 123 Å². The number of carboxylic acid groups (broad SMARTS) is 5. The molecule has 112 heavy (non-hydrogen) atoms. The minimum absolute atomic E-state index is 0.000836. The van der Waals surface area contributed by atoms with Gasteiger partial charge in [-0.05, 0) is 208 Å². The lowest BCUT2D eigenvalue weighted by atomic mass is 9.81. The third kappa shape index (κ3) is 41.7. The van der Waals surface area contributed by atoms with Crippen LogP contribution in [0.4, 0.5) is 0 Å². The summed E-state index contributed by atoms with van der Waals surface area (Å²) in [6.45, 7) is 55.4. The Bertz CT molecular complexity index is 2580. The standard InChI is InChI=1S/C14H23N3O10.5C13H25NO3/c18-10(19)5-15(1-3-16(6-11(20)21)7-12(22)23)2-4-17(8-13(24)25)9-14(26)27;5*1-11(2)7-10(15)8-12(3,4)14(11)17-9-13(5,6)16/h1-9H2,(H,18,19)(H,20,21)(H,22,23)(H,24,25)(H,26,27);5*16H,7-9H2,1-6H3. The highest BCUT2D eigenvalue weighted by Crippen LogP contribution is 2.42. The largest absolute Gasteiger partial charge is 0.480 e. The number of hydrogen-bond donors (Lipinski definition) is 10. The molecule has 0 unspecified atom stereocenters. The van der Waals surface area contributed by atoms with Crippen LogP contribution in [0.1, 0.15) is 272 Å².